The molecule has 1 heterocycles. The Hall–Kier alpha value is -2.94. The van der Waals surface area contributed by atoms with Crippen molar-refractivity contribution < 1.29 is 28.7 Å². The number of aliphatic hydroxyl groups is 1. The third-order valence-corrected chi connectivity index (χ3v) is 7.26. The molecule has 0 spiro atoms. The highest BCUT2D eigenvalue weighted by atomic mass is 35.5. The molecule has 9 heteroatoms. The van der Waals surface area contributed by atoms with Crippen LogP contribution in [0.5, 0.6) is 0 Å². The molecule has 8 nitrogen and oxygen atoms in total. The molecule has 0 bridgehead atoms. The van der Waals surface area contributed by atoms with E-state index in [2.05, 4.69) is 10.6 Å². The number of hydrogen-bond donors (Lipinski definition) is 3. The van der Waals surface area contributed by atoms with Crippen LogP contribution in [0.2, 0.25) is 5.02 Å². The molecular weight excluding hydrogens is 506 g/mol. The largest absolute Gasteiger partial charge is 0.444 e. The number of carbonyl (C=O) groups is 3. The molecule has 1 aliphatic rings. The molecule has 3 rings (SSSR count). The van der Waals surface area contributed by atoms with Crippen molar-refractivity contribution in [3.8, 4) is 0 Å². The number of halogens is 1. The summed E-state index contributed by atoms with van der Waals surface area (Å²) in [6.07, 6.45) is 1.40. The van der Waals surface area contributed by atoms with Gasteiger partial charge in [-0.2, -0.15) is 4.48 Å². The minimum Gasteiger partial charge on any atom is -0.444 e. The molecule has 206 valence electrons. The maximum absolute atomic E-state index is 13.9. The van der Waals surface area contributed by atoms with Crippen LogP contribution in [0.3, 0.4) is 0 Å². The molecule has 4 amide bonds. The summed E-state index contributed by atoms with van der Waals surface area (Å²) in [4.78, 5) is 39.6. The Labute approximate surface area is 229 Å². The van der Waals surface area contributed by atoms with Crippen molar-refractivity contribution in [2.45, 2.75) is 77.7 Å². The summed E-state index contributed by atoms with van der Waals surface area (Å²) in [5.74, 6) is -0.543. The quantitative estimate of drug-likeness (QED) is 0.423. The molecule has 1 unspecified atom stereocenters. The number of rotatable bonds is 7. The third-order valence-electron chi connectivity index (χ3n) is 7.02. The first-order valence-corrected chi connectivity index (χ1v) is 13.4. The van der Waals surface area contributed by atoms with Crippen molar-refractivity contribution in [2.24, 2.45) is 0 Å². The fourth-order valence-electron chi connectivity index (χ4n) is 4.98. The van der Waals surface area contributed by atoms with Gasteiger partial charge in [-0.25, -0.2) is 14.4 Å². The molecule has 38 heavy (non-hydrogen) atoms. The summed E-state index contributed by atoms with van der Waals surface area (Å²) in [5.41, 5.74) is -0.290. The Morgan fingerprint density at radius 3 is 2.34 bits per heavy atom. The fourth-order valence-corrected chi connectivity index (χ4v) is 5.17. The lowest BCUT2D eigenvalue weighted by Gasteiger charge is -2.37. The average molecular weight is 545 g/mol. The third kappa shape index (κ3) is 6.73. The second-order valence-electron chi connectivity index (χ2n) is 11.1. The first-order valence-electron chi connectivity index (χ1n) is 13.0. The predicted molar refractivity (Wildman–Crippen MR) is 146 cm³/mol. The molecule has 3 N–H and O–H groups in total. The van der Waals surface area contributed by atoms with E-state index < -0.39 is 33.7 Å². The zero-order valence-corrected chi connectivity index (χ0v) is 23.6. The summed E-state index contributed by atoms with van der Waals surface area (Å²) >= 11 is 6.25. The number of amides is 4. The van der Waals surface area contributed by atoms with E-state index in [4.69, 9.17) is 16.3 Å². The van der Waals surface area contributed by atoms with Crippen LogP contribution in [0.25, 0.3) is 0 Å². The molecule has 3 atom stereocenters. The van der Waals surface area contributed by atoms with Crippen molar-refractivity contribution in [1.29, 1.82) is 0 Å². The maximum atomic E-state index is 13.9. The molecule has 1 saturated heterocycles. The van der Waals surface area contributed by atoms with E-state index in [1.807, 2.05) is 19.1 Å². The van der Waals surface area contributed by atoms with Gasteiger partial charge in [-0.05, 0) is 69.9 Å². The monoisotopic (exact) mass is 544 g/mol. The predicted octanol–water partition coefficient (Wildman–Crippen LogP) is 5.05. The molecule has 0 aliphatic carbocycles. The van der Waals surface area contributed by atoms with Crippen LogP contribution in [0.4, 0.5) is 9.59 Å². The number of nitrogens with zero attached hydrogens (tertiary/aromatic N) is 1. The van der Waals surface area contributed by atoms with Crippen LogP contribution >= 0.6 is 11.6 Å². The summed E-state index contributed by atoms with van der Waals surface area (Å²) in [7, 11) is 0. The van der Waals surface area contributed by atoms with Crippen LogP contribution in [0, 0.1) is 0 Å². The van der Waals surface area contributed by atoms with Crippen LogP contribution in [0.15, 0.2) is 48.5 Å². The zero-order chi connectivity index (χ0) is 28.1. The minimum atomic E-state index is -1.83. The van der Waals surface area contributed by atoms with Crippen LogP contribution in [0.1, 0.15) is 64.2 Å². The summed E-state index contributed by atoms with van der Waals surface area (Å²) in [6.45, 7) is 9.53. The van der Waals surface area contributed by atoms with E-state index in [-0.39, 0.29) is 12.6 Å². The molecular formula is C29H39ClN3O5+. The molecule has 0 radical (unpaired) electrons. The zero-order valence-electron chi connectivity index (χ0n) is 22.8. The summed E-state index contributed by atoms with van der Waals surface area (Å²) < 4.78 is 4.81. The van der Waals surface area contributed by atoms with Crippen molar-refractivity contribution in [2.75, 3.05) is 13.1 Å². The Morgan fingerprint density at radius 1 is 1.05 bits per heavy atom. The van der Waals surface area contributed by atoms with Gasteiger partial charge in [-0.3, -0.25) is 0 Å². The lowest BCUT2D eigenvalue weighted by molar-refractivity contribution is -0.789. The smallest absolute Gasteiger partial charge is 0.424 e. The van der Waals surface area contributed by atoms with E-state index in [0.717, 1.165) is 11.1 Å². The first kappa shape index (κ1) is 29.6. The van der Waals surface area contributed by atoms with E-state index in [1.165, 1.54) is 6.92 Å². The van der Waals surface area contributed by atoms with Gasteiger partial charge in [-0.1, -0.05) is 48.0 Å². The summed E-state index contributed by atoms with van der Waals surface area (Å²) in [5, 5.41) is 17.5. The second-order valence-corrected chi connectivity index (χ2v) is 11.5. The van der Waals surface area contributed by atoms with Gasteiger partial charge < -0.3 is 20.5 Å². The van der Waals surface area contributed by atoms with Gasteiger partial charge in [0.05, 0.1) is 6.54 Å². The van der Waals surface area contributed by atoms with E-state index >= 15 is 0 Å². The van der Waals surface area contributed by atoms with Gasteiger partial charge in [0, 0.05) is 31.0 Å². The van der Waals surface area contributed by atoms with Gasteiger partial charge in [0.1, 0.15) is 11.6 Å². The lowest BCUT2D eigenvalue weighted by atomic mass is 9.93. The average Bonchev–Trinajstić information content (AvgIpc) is 3.24. The number of alkyl carbamates (subject to hydrolysis) is 1. The first-order chi connectivity index (χ1) is 17.8. The Kier molecular flexibility index (Phi) is 9.23. The second kappa shape index (κ2) is 11.8. The van der Waals surface area contributed by atoms with Gasteiger partial charge in [-0.15, -0.1) is 0 Å². The Bertz CT molecular complexity index is 1160. The number of carbonyl (C=O) groups excluding carboxylic acids is 3. The number of urea groups is 1. The molecule has 2 aromatic rings. The van der Waals surface area contributed by atoms with E-state index in [0.29, 0.717) is 42.9 Å². The molecule has 0 saturated carbocycles. The fraction of sp³-hybridized carbons (Fsp3) is 0.483. The van der Waals surface area contributed by atoms with Crippen molar-refractivity contribution in [3.63, 3.8) is 0 Å². The highest BCUT2D eigenvalue weighted by molar-refractivity contribution is 6.30. The van der Waals surface area contributed by atoms with Gasteiger partial charge in [0.2, 0.25) is 5.60 Å². The number of hydrogen-bond acceptors (Lipinski definition) is 5. The number of benzene rings is 2. The number of likely N-dealkylation sites (tertiary alicyclic amines) is 1. The van der Waals surface area contributed by atoms with Crippen molar-refractivity contribution in [3.05, 3.63) is 70.2 Å². The van der Waals surface area contributed by atoms with Gasteiger partial charge in [0.25, 0.3) is 0 Å². The number of quaternary nitrogens is 1. The van der Waals surface area contributed by atoms with Gasteiger partial charge in [0.15, 0.2) is 0 Å². The molecule has 1 fully saturated rings. The van der Waals surface area contributed by atoms with Crippen molar-refractivity contribution >= 4 is 29.6 Å². The summed E-state index contributed by atoms with van der Waals surface area (Å²) in [6, 6.07) is 13.4. The normalized spacial score (nSPS) is 20.9. The molecule has 2 aromatic carbocycles. The van der Waals surface area contributed by atoms with E-state index in [1.54, 1.807) is 57.2 Å². The number of imide groups is 1. The highest BCUT2D eigenvalue weighted by Crippen LogP contribution is 2.35. The van der Waals surface area contributed by atoms with E-state index in [9.17, 15) is 19.5 Å². The Morgan fingerprint density at radius 2 is 1.74 bits per heavy atom. The minimum absolute atomic E-state index is 0.147. The van der Waals surface area contributed by atoms with Crippen LogP contribution in [-0.2, 0) is 28.1 Å². The molecule has 1 aliphatic heterocycles. The number of ether oxygens (including phenoxy) is 1. The van der Waals surface area contributed by atoms with Crippen LogP contribution < -0.4 is 10.6 Å². The lowest BCUT2D eigenvalue weighted by Crippen LogP contribution is -2.67. The number of nitrogens with one attached hydrogen (secondary N) is 2. The molecule has 0 aromatic heterocycles. The maximum Gasteiger partial charge on any atom is 0.424 e. The SMILES string of the molecule is C[C@@H]1CCC[N+]1(C(=O)NCc1cc(Cl)ccc1CCNC(=O)OC(C)(C)C)C(=O)[C@](C)(O)c1ccccc1. The topological polar surface area (TPSA) is 105 Å². The highest BCUT2D eigenvalue weighted by Gasteiger charge is 2.58. The van der Waals surface area contributed by atoms with Crippen LogP contribution in [-0.4, -0.2) is 52.4 Å². The van der Waals surface area contributed by atoms with Crippen molar-refractivity contribution in [1.82, 2.24) is 10.6 Å². The standard InChI is InChI=1S/C29H38ClN3O5/c1-20-10-9-17-33(20,25(34)29(5,37)23-11-7-6-8-12-23)26(35)32-19-22-18-24(30)14-13-21(22)15-16-31-27(36)38-28(2,3)4/h6-8,11-14,18,20,37H,9-10,15-17,19H2,1-5H3,(H-,31,32,35,36)/p+1/t20-,29-,33?/m1/s1. The van der Waals surface area contributed by atoms with Gasteiger partial charge >= 0.3 is 18.0 Å². The Balaban J connectivity index is 1.76.